The zero-order valence-electron chi connectivity index (χ0n) is 16.5. The van der Waals surface area contributed by atoms with Gasteiger partial charge >= 0.3 is 0 Å². The number of sulfonamides is 1. The summed E-state index contributed by atoms with van der Waals surface area (Å²) >= 11 is 0. The standard InChI is InChI=1S/C21H19N5O4S/c1-14-18(11-19(30-14)31(22,28)29)21(27)24-12-16-13-26(17-5-3-2-4-6-17)25-20(16)15-7-9-23-10-8-15/h2-11,13H,12H2,1H3,(H,24,27)(H2,22,28,29). The van der Waals surface area contributed by atoms with Gasteiger partial charge in [-0.3, -0.25) is 9.78 Å². The lowest BCUT2D eigenvalue weighted by Gasteiger charge is -2.05. The molecule has 10 heteroatoms. The van der Waals surface area contributed by atoms with E-state index in [-0.39, 0.29) is 17.9 Å². The van der Waals surface area contributed by atoms with Crippen LogP contribution in [-0.2, 0) is 16.6 Å². The normalized spacial score (nSPS) is 11.4. The molecule has 4 aromatic rings. The number of nitrogens with two attached hydrogens (primary N) is 1. The second-order valence-electron chi connectivity index (χ2n) is 6.78. The van der Waals surface area contributed by atoms with Gasteiger partial charge in [0.15, 0.2) is 0 Å². The summed E-state index contributed by atoms with van der Waals surface area (Å²) in [7, 11) is -4.04. The van der Waals surface area contributed by atoms with Crippen LogP contribution in [0.3, 0.4) is 0 Å². The summed E-state index contributed by atoms with van der Waals surface area (Å²) in [5, 5.41) is 12.1. The Balaban J connectivity index is 1.63. The molecule has 4 rings (SSSR count). The number of benzene rings is 1. The van der Waals surface area contributed by atoms with E-state index in [1.165, 1.54) is 6.92 Å². The number of nitrogens with one attached hydrogen (secondary N) is 1. The maximum absolute atomic E-state index is 12.7. The van der Waals surface area contributed by atoms with Crippen LogP contribution in [0.4, 0.5) is 0 Å². The van der Waals surface area contributed by atoms with Crippen molar-refractivity contribution in [2.24, 2.45) is 5.14 Å². The molecule has 1 amide bonds. The molecule has 0 aliphatic carbocycles. The molecule has 9 nitrogen and oxygen atoms in total. The topological polar surface area (TPSA) is 133 Å². The van der Waals surface area contributed by atoms with Crippen LogP contribution in [0.25, 0.3) is 16.9 Å². The Morgan fingerprint density at radius 3 is 2.52 bits per heavy atom. The van der Waals surface area contributed by atoms with Crippen LogP contribution in [0.15, 0.2) is 76.6 Å². The Labute approximate surface area is 178 Å². The third-order valence-corrected chi connectivity index (χ3v) is 5.39. The number of furan rings is 1. The molecule has 3 heterocycles. The van der Waals surface area contributed by atoms with E-state index in [9.17, 15) is 13.2 Å². The van der Waals surface area contributed by atoms with E-state index in [1.807, 2.05) is 48.7 Å². The van der Waals surface area contributed by atoms with Crippen LogP contribution in [0.2, 0.25) is 0 Å². The van der Waals surface area contributed by atoms with Gasteiger partial charge in [0.25, 0.3) is 15.9 Å². The summed E-state index contributed by atoms with van der Waals surface area (Å²) in [4.78, 5) is 16.7. The number of aromatic nitrogens is 3. The summed E-state index contributed by atoms with van der Waals surface area (Å²) in [6.45, 7) is 1.66. The maximum atomic E-state index is 12.7. The van der Waals surface area contributed by atoms with Crippen molar-refractivity contribution in [2.75, 3.05) is 0 Å². The molecule has 3 N–H and O–H groups in total. The number of hydrogen-bond acceptors (Lipinski definition) is 6. The fraction of sp³-hybridized carbons (Fsp3) is 0.0952. The van der Waals surface area contributed by atoms with Crippen LogP contribution in [0, 0.1) is 6.92 Å². The first-order chi connectivity index (χ1) is 14.8. The van der Waals surface area contributed by atoms with E-state index in [4.69, 9.17) is 9.56 Å². The molecule has 0 bridgehead atoms. The molecule has 31 heavy (non-hydrogen) atoms. The lowest BCUT2D eigenvalue weighted by molar-refractivity contribution is 0.0949. The summed E-state index contributed by atoms with van der Waals surface area (Å²) in [5.41, 5.74) is 3.30. The molecule has 158 valence electrons. The Morgan fingerprint density at radius 1 is 1.16 bits per heavy atom. The van der Waals surface area contributed by atoms with Crippen molar-refractivity contribution in [1.29, 1.82) is 0 Å². The molecule has 0 unspecified atom stereocenters. The maximum Gasteiger partial charge on any atom is 0.271 e. The number of nitrogens with zero attached hydrogens (tertiary/aromatic N) is 3. The van der Waals surface area contributed by atoms with Crippen molar-refractivity contribution in [1.82, 2.24) is 20.1 Å². The van der Waals surface area contributed by atoms with E-state index in [0.717, 1.165) is 22.9 Å². The van der Waals surface area contributed by atoms with Gasteiger partial charge in [0, 0.05) is 42.3 Å². The fourth-order valence-corrected chi connectivity index (χ4v) is 3.62. The Bertz CT molecular complexity index is 1330. The monoisotopic (exact) mass is 437 g/mol. The van der Waals surface area contributed by atoms with Crippen molar-refractivity contribution >= 4 is 15.9 Å². The Hall–Kier alpha value is -3.76. The highest BCUT2D eigenvalue weighted by Gasteiger charge is 2.21. The van der Waals surface area contributed by atoms with Gasteiger partial charge in [0.2, 0.25) is 5.09 Å². The number of para-hydroxylation sites is 1. The van der Waals surface area contributed by atoms with Crippen molar-refractivity contribution in [2.45, 2.75) is 18.6 Å². The number of primary sulfonamides is 1. The third kappa shape index (κ3) is 4.39. The van der Waals surface area contributed by atoms with Crippen LogP contribution < -0.4 is 10.5 Å². The smallest absolute Gasteiger partial charge is 0.271 e. The minimum Gasteiger partial charge on any atom is -0.448 e. The van der Waals surface area contributed by atoms with Gasteiger partial charge in [-0.05, 0) is 31.2 Å². The number of amides is 1. The van der Waals surface area contributed by atoms with E-state index >= 15 is 0 Å². The second-order valence-corrected chi connectivity index (χ2v) is 8.27. The minimum absolute atomic E-state index is 0.102. The number of carbonyl (C=O) groups excluding carboxylic acids is 1. The quantitative estimate of drug-likeness (QED) is 0.476. The predicted octanol–water partition coefficient (Wildman–Crippen LogP) is 2.41. The fourth-order valence-electron chi connectivity index (χ4n) is 3.10. The van der Waals surface area contributed by atoms with Crippen LogP contribution >= 0.6 is 0 Å². The average molecular weight is 437 g/mol. The van der Waals surface area contributed by atoms with Gasteiger partial charge in [-0.25, -0.2) is 18.2 Å². The predicted molar refractivity (Wildman–Crippen MR) is 113 cm³/mol. The van der Waals surface area contributed by atoms with Gasteiger partial charge in [0.05, 0.1) is 16.9 Å². The molecule has 0 radical (unpaired) electrons. The number of rotatable bonds is 6. The zero-order valence-corrected chi connectivity index (χ0v) is 17.3. The van der Waals surface area contributed by atoms with E-state index in [2.05, 4.69) is 15.4 Å². The van der Waals surface area contributed by atoms with Crippen molar-refractivity contribution in [3.05, 3.63) is 84.0 Å². The number of pyridine rings is 1. The van der Waals surface area contributed by atoms with E-state index in [1.54, 1.807) is 17.1 Å². The summed E-state index contributed by atoms with van der Waals surface area (Å²) in [5.74, 6) is -0.319. The molecular weight excluding hydrogens is 418 g/mol. The van der Waals surface area contributed by atoms with Gasteiger partial charge in [0.1, 0.15) is 5.76 Å². The highest BCUT2D eigenvalue weighted by atomic mass is 32.2. The third-order valence-electron chi connectivity index (χ3n) is 4.62. The molecule has 0 spiro atoms. The van der Waals surface area contributed by atoms with Gasteiger partial charge in [-0.2, -0.15) is 5.10 Å². The molecule has 0 saturated heterocycles. The number of carbonyl (C=O) groups is 1. The largest absolute Gasteiger partial charge is 0.448 e. The van der Waals surface area contributed by atoms with Gasteiger partial charge in [-0.1, -0.05) is 18.2 Å². The second kappa shape index (κ2) is 8.17. The first-order valence-electron chi connectivity index (χ1n) is 9.29. The average Bonchev–Trinajstić information content (AvgIpc) is 3.37. The Morgan fingerprint density at radius 2 is 1.87 bits per heavy atom. The minimum atomic E-state index is -4.04. The highest BCUT2D eigenvalue weighted by Crippen LogP contribution is 2.24. The molecule has 0 saturated carbocycles. The first kappa shape index (κ1) is 20.5. The summed E-state index contributed by atoms with van der Waals surface area (Å²) in [6, 6.07) is 14.4. The van der Waals surface area contributed by atoms with E-state index < -0.39 is 21.0 Å². The van der Waals surface area contributed by atoms with Gasteiger partial charge < -0.3 is 9.73 Å². The molecule has 0 aliphatic rings. The molecule has 3 aromatic heterocycles. The number of hydrogen-bond donors (Lipinski definition) is 2. The lowest BCUT2D eigenvalue weighted by Crippen LogP contribution is -2.23. The summed E-state index contributed by atoms with van der Waals surface area (Å²) < 4.78 is 29.8. The highest BCUT2D eigenvalue weighted by molar-refractivity contribution is 7.89. The number of aryl methyl sites for hydroxylation is 1. The van der Waals surface area contributed by atoms with E-state index in [0.29, 0.717) is 5.69 Å². The van der Waals surface area contributed by atoms with Crippen molar-refractivity contribution in [3.8, 4) is 16.9 Å². The zero-order chi connectivity index (χ0) is 22.0. The summed E-state index contributed by atoms with van der Waals surface area (Å²) in [6.07, 6.45) is 5.18. The molecule has 1 aromatic carbocycles. The Kier molecular flexibility index (Phi) is 5.40. The molecule has 0 aliphatic heterocycles. The van der Waals surface area contributed by atoms with Crippen molar-refractivity contribution in [3.63, 3.8) is 0 Å². The van der Waals surface area contributed by atoms with Crippen LogP contribution in [0.1, 0.15) is 21.7 Å². The van der Waals surface area contributed by atoms with Crippen LogP contribution in [-0.4, -0.2) is 29.1 Å². The van der Waals surface area contributed by atoms with Crippen molar-refractivity contribution < 1.29 is 17.6 Å². The molecular formula is C21H19N5O4S. The molecule has 0 fully saturated rings. The SMILES string of the molecule is Cc1oc(S(N)(=O)=O)cc1C(=O)NCc1cn(-c2ccccc2)nc1-c1ccncc1. The van der Waals surface area contributed by atoms with Gasteiger partial charge in [-0.15, -0.1) is 0 Å². The lowest BCUT2D eigenvalue weighted by atomic mass is 10.1. The first-order valence-corrected chi connectivity index (χ1v) is 10.8. The molecule has 0 atom stereocenters. The van der Waals surface area contributed by atoms with Crippen LogP contribution in [0.5, 0.6) is 0 Å².